The van der Waals surface area contributed by atoms with E-state index in [-0.39, 0.29) is 18.1 Å². The molecular formula is C25H26N4O2S. The van der Waals surface area contributed by atoms with Crippen LogP contribution in [-0.4, -0.2) is 38.7 Å². The Kier molecular flexibility index (Phi) is 5.66. The van der Waals surface area contributed by atoms with Crippen LogP contribution in [0.25, 0.3) is 5.69 Å². The third-order valence-electron chi connectivity index (χ3n) is 6.48. The van der Waals surface area contributed by atoms with Crippen molar-refractivity contribution in [2.45, 2.75) is 43.8 Å². The van der Waals surface area contributed by atoms with Crippen molar-refractivity contribution in [2.75, 3.05) is 7.11 Å². The number of aromatic nitrogens is 2. The van der Waals surface area contributed by atoms with Crippen LogP contribution < -0.4 is 5.32 Å². The van der Waals surface area contributed by atoms with E-state index >= 15 is 0 Å². The van der Waals surface area contributed by atoms with Gasteiger partial charge in [0.25, 0.3) is 0 Å². The van der Waals surface area contributed by atoms with E-state index in [0.717, 1.165) is 35.0 Å². The highest BCUT2D eigenvalue weighted by molar-refractivity contribution is 7.80. The van der Waals surface area contributed by atoms with E-state index in [2.05, 4.69) is 31.9 Å². The second-order valence-electron chi connectivity index (χ2n) is 8.32. The van der Waals surface area contributed by atoms with Crippen molar-refractivity contribution in [2.24, 2.45) is 0 Å². The number of rotatable bonds is 5. The standard InChI is InChI=1S/C25H26N4O2S/c1-31-24(30)17-8-6-11-19(16-17)28-15-7-13-21(28)23-22(20-12-4-5-14-26-20)27-25(32)29(23)18-9-2-3-10-18/h4-8,11-16,18,22-23H,2-3,9-10H2,1H3,(H,27,32). The molecule has 1 aliphatic heterocycles. The van der Waals surface area contributed by atoms with Crippen LogP contribution in [0.5, 0.6) is 0 Å². The summed E-state index contributed by atoms with van der Waals surface area (Å²) in [7, 11) is 1.40. The maximum absolute atomic E-state index is 12.1. The van der Waals surface area contributed by atoms with E-state index in [1.54, 1.807) is 6.07 Å². The molecular weight excluding hydrogens is 420 g/mol. The molecule has 5 rings (SSSR count). The molecule has 6 nitrogen and oxygen atoms in total. The summed E-state index contributed by atoms with van der Waals surface area (Å²) in [5.74, 6) is -0.344. The average Bonchev–Trinajstić information content (AvgIpc) is 3.58. The Morgan fingerprint density at radius 2 is 1.97 bits per heavy atom. The van der Waals surface area contributed by atoms with Gasteiger partial charge in [0.15, 0.2) is 5.11 Å². The summed E-state index contributed by atoms with van der Waals surface area (Å²) in [6.45, 7) is 0. The van der Waals surface area contributed by atoms with E-state index in [1.165, 1.54) is 20.0 Å². The first-order valence-corrected chi connectivity index (χ1v) is 11.4. The van der Waals surface area contributed by atoms with Crippen molar-refractivity contribution >= 4 is 23.3 Å². The van der Waals surface area contributed by atoms with Gasteiger partial charge in [-0.05, 0) is 67.5 Å². The van der Waals surface area contributed by atoms with Crippen LogP contribution in [0.1, 0.15) is 59.5 Å². The average molecular weight is 447 g/mol. The van der Waals surface area contributed by atoms with E-state index < -0.39 is 0 Å². The van der Waals surface area contributed by atoms with Crippen LogP contribution in [0.4, 0.5) is 0 Å². The largest absolute Gasteiger partial charge is 0.465 e. The Bertz CT molecular complexity index is 1120. The highest BCUT2D eigenvalue weighted by Crippen LogP contribution is 2.43. The molecule has 3 aromatic rings. The Labute approximate surface area is 193 Å². The number of ether oxygens (including phenoxy) is 1. The Morgan fingerprint density at radius 1 is 1.12 bits per heavy atom. The van der Waals surface area contributed by atoms with Crippen molar-refractivity contribution in [1.29, 1.82) is 0 Å². The first-order valence-electron chi connectivity index (χ1n) is 11.0. The smallest absolute Gasteiger partial charge is 0.337 e. The molecule has 2 aliphatic rings. The number of nitrogens with one attached hydrogen (secondary N) is 1. The van der Waals surface area contributed by atoms with E-state index in [9.17, 15) is 4.79 Å². The van der Waals surface area contributed by atoms with Crippen molar-refractivity contribution in [3.05, 3.63) is 83.9 Å². The molecule has 32 heavy (non-hydrogen) atoms. The number of benzene rings is 1. The lowest BCUT2D eigenvalue weighted by Gasteiger charge is -2.33. The zero-order chi connectivity index (χ0) is 22.1. The monoisotopic (exact) mass is 446 g/mol. The van der Waals surface area contributed by atoms with Crippen LogP contribution in [0.3, 0.4) is 0 Å². The number of hydrogen-bond donors (Lipinski definition) is 1. The Morgan fingerprint density at radius 3 is 2.72 bits per heavy atom. The fourth-order valence-electron chi connectivity index (χ4n) is 5.03. The van der Waals surface area contributed by atoms with Gasteiger partial charge < -0.3 is 19.5 Å². The van der Waals surface area contributed by atoms with Gasteiger partial charge in [-0.2, -0.15) is 0 Å². The minimum atomic E-state index is -0.344. The maximum Gasteiger partial charge on any atom is 0.337 e. The van der Waals surface area contributed by atoms with Gasteiger partial charge in [-0.1, -0.05) is 25.0 Å². The first kappa shape index (κ1) is 20.7. The molecule has 0 amide bonds. The van der Waals surface area contributed by atoms with Crippen LogP contribution in [0.15, 0.2) is 67.0 Å². The molecule has 1 aromatic carbocycles. The summed E-state index contributed by atoms with van der Waals surface area (Å²) in [5.41, 5.74) is 3.52. The zero-order valence-electron chi connectivity index (χ0n) is 18.0. The third-order valence-corrected chi connectivity index (χ3v) is 6.81. The molecule has 0 radical (unpaired) electrons. The molecule has 1 aliphatic carbocycles. The summed E-state index contributed by atoms with van der Waals surface area (Å²) >= 11 is 5.85. The normalized spacial score (nSPS) is 21.0. The quantitative estimate of drug-likeness (QED) is 0.458. The van der Waals surface area contributed by atoms with Crippen LogP contribution in [0.2, 0.25) is 0 Å². The molecule has 2 atom stereocenters. The molecule has 1 saturated carbocycles. The minimum absolute atomic E-state index is 0.00252. The zero-order valence-corrected chi connectivity index (χ0v) is 18.8. The van der Waals surface area contributed by atoms with E-state index in [1.807, 2.05) is 48.8 Å². The number of hydrogen-bond acceptors (Lipinski definition) is 4. The van der Waals surface area contributed by atoms with Gasteiger partial charge in [0, 0.05) is 29.8 Å². The van der Waals surface area contributed by atoms with Gasteiger partial charge >= 0.3 is 5.97 Å². The second-order valence-corrected chi connectivity index (χ2v) is 8.70. The Hall–Kier alpha value is -3.19. The summed E-state index contributed by atoms with van der Waals surface area (Å²) in [5, 5.41) is 4.35. The fourth-order valence-corrected chi connectivity index (χ4v) is 5.42. The van der Waals surface area contributed by atoms with Gasteiger partial charge in [0.2, 0.25) is 0 Å². The van der Waals surface area contributed by atoms with Crippen LogP contribution >= 0.6 is 12.2 Å². The van der Waals surface area contributed by atoms with Crippen LogP contribution in [-0.2, 0) is 4.74 Å². The second kappa shape index (κ2) is 8.74. The molecule has 2 aromatic heterocycles. The SMILES string of the molecule is COC(=O)c1cccc(-n2cccc2C2C(c3ccccn3)NC(=S)N2C2CCCC2)c1. The van der Waals surface area contributed by atoms with Crippen molar-refractivity contribution in [3.63, 3.8) is 0 Å². The Balaban J connectivity index is 1.60. The number of carbonyl (C=O) groups excluding carboxylic acids is 1. The predicted octanol–water partition coefficient (Wildman–Crippen LogP) is 4.57. The molecule has 2 unspecified atom stereocenters. The summed E-state index contributed by atoms with van der Waals surface area (Å²) in [4.78, 5) is 19.1. The molecule has 1 saturated heterocycles. The van der Waals surface area contributed by atoms with Gasteiger partial charge in [-0.3, -0.25) is 4.98 Å². The van der Waals surface area contributed by atoms with Crippen molar-refractivity contribution in [3.8, 4) is 5.69 Å². The molecule has 0 spiro atoms. The fraction of sp³-hybridized carbons (Fsp3) is 0.320. The van der Waals surface area contributed by atoms with E-state index in [4.69, 9.17) is 17.0 Å². The molecule has 7 heteroatoms. The number of esters is 1. The number of nitrogens with zero attached hydrogens (tertiary/aromatic N) is 3. The lowest BCUT2D eigenvalue weighted by Crippen LogP contribution is -2.38. The first-order chi connectivity index (χ1) is 15.7. The molecule has 1 N–H and O–H groups in total. The number of thiocarbonyl (C=S) groups is 1. The predicted molar refractivity (Wildman–Crippen MR) is 127 cm³/mol. The van der Waals surface area contributed by atoms with Gasteiger partial charge in [0.05, 0.1) is 30.5 Å². The third kappa shape index (κ3) is 3.66. The van der Waals surface area contributed by atoms with Crippen LogP contribution in [0, 0.1) is 0 Å². The summed E-state index contributed by atoms with van der Waals surface area (Å²) in [6, 6.07) is 18.1. The molecule has 2 fully saturated rings. The number of pyridine rings is 1. The van der Waals surface area contributed by atoms with Crippen molar-refractivity contribution < 1.29 is 9.53 Å². The lowest BCUT2D eigenvalue weighted by molar-refractivity contribution is 0.0600. The minimum Gasteiger partial charge on any atom is -0.465 e. The topological polar surface area (TPSA) is 59.4 Å². The maximum atomic E-state index is 12.1. The molecule has 3 heterocycles. The highest BCUT2D eigenvalue weighted by atomic mass is 32.1. The number of carbonyl (C=O) groups is 1. The molecule has 164 valence electrons. The van der Waals surface area contributed by atoms with Gasteiger partial charge in [-0.15, -0.1) is 0 Å². The van der Waals surface area contributed by atoms with Crippen molar-refractivity contribution in [1.82, 2.24) is 19.8 Å². The summed E-state index contributed by atoms with van der Waals surface area (Å²) < 4.78 is 7.06. The van der Waals surface area contributed by atoms with Gasteiger partial charge in [0.1, 0.15) is 0 Å². The van der Waals surface area contributed by atoms with E-state index in [0.29, 0.717) is 11.6 Å². The van der Waals surface area contributed by atoms with Gasteiger partial charge in [-0.25, -0.2) is 4.79 Å². The molecule has 0 bridgehead atoms. The lowest BCUT2D eigenvalue weighted by atomic mass is 9.99. The number of methoxy groups -OCH3 is 1. The highest BCUT2D eigenvalue weighted by Gasteiger charge is 2.44. The summed E-state index contributed by atoms with van der Waals surface area (Å²) in [6.07, 6.45) is 8.61.